The molecule has 0 atom stereocenters. The highest BCUT2D eigenvalue weighted by molar-refractivity contribution is 5.24. The Hall–Kier alpha value is -1.94. The van der Waals surface area contributed by atoms with Gasteiger partial charge in [0.05, 0.1) is 5.69 Å². The first kappa shape index (κ1) is 11.5. The summed E-state index contributed by atoms with van der Waals surface area (Å²) in [5.74, 6) is 0.331. The van der Waals surface area contributed by atoms with Crippen molar-refractivity contribution in [1.29, 1.82) is 0 Å². The van der Waals surface area contributed by atoms with Gasteiger partial charge in [0.2, 0.25) is 0 Å². The standard InChI is InChI=1S/C13H13FN2O/c14-11-3-5-12(6-4-11)17-9-13-10(8-15)2-1-7-16-13/h1-7H,8-9,15H2. The van der Waals surface area contributed by atoms with E-state index in [0.717, 1.165) is 11.3 Å². The molecular weight excluding hydrogens is 219 g/mol. The summed E-state index contributed by atoms with van der Waals surface area (Å²) < 4.78 is 18.2. The maximum atomic E-state index is 12.7. The number of ether oxygens (including phenoxy) is 1. The van der Waals surface area contributed by atoms with Gasteiger partial charge in [0.15, 0.2) is 0 Å². The first-order valence-electron chi connectivity index (χ1n) is 5.31. The Morgan fingerprint density at radius 3 is 2.65 bits per heavy atom. The molecule has 2 rings (SSSR count). The van der Waals surface area contributed by atoms with Gasteiger partial charge in [-0.3, -0.25) is 4.98 Å². The number of nitrogens with zero attached hydrogens (tertiary/aromatic N) is 1. The smallest absolute Gasteiger partial charge is 0.131 e. The zero-order valence-electron chi connectivity index (χ0n) is 9.27. The fraction of sp³-hybridized carbons (Fsp3) is 0.154. The molecule has 17 heavy (non-hydrogen) atoms. The second-order valence-electron chi connectivity index (χ2n) is 3.56. The van der Waals surface area contributed by atoms with Crippen LogP contribution in [0.4, 0.5) is 4.39 Å². The highest BCUT2D eigenvalue weighted by Crippen LogP contribution is 2.14. The third kappa shape index (κ3) is 3.01. The molecule has 0 saturated carbocycles. The van der Waals surface area contributed by atoms with Crippen molar-refractivity contribution >= 4 is 0 Å². The van der Waals surface area contributed by atoms with Crippen molar-refractivity contribution in [2.75, 3.05) is 0 Å². The summed E-state index contributed by atoms with van der Waals surface area (Å²) in [4.78, 5) is 4.20. The fourth-order valence-electron chi connectivity index (χ4n) is 1.47. The molecule has 0 spiro atoms. The molecule has 88 valence electrons. The summed E-state index contributed by atoms with van der Waals surface area (Å²) in [6.45, 7) is 0.759. The van der Waals surface area contributed by atoms with Crippen molar-refractivity contribution in [3.05, 3.63) is 59.7 Å². The Balaban J connectivity index is 2.04. The molecule has 0 amide bonds. The minimum atomic E-state index is -0.280. The van der Waals surface area contributed by atoms with Gasteiger partial charge in [-0.15, -0.1) is 0 Å². The van der Waals surface area contributed by atoms with E-state index in [4.69, 9.17) is 10.5 Å². The monoisotopic (exact) mass is 232 g/mol. The molecule has 3 nitrogen and oxygen atoms in total. The molecular formula is C13H13FN2O. The van der Waals surface area contributed by atoms with Crippen molar-refractivity contribution in [3.8, 4) is 5.75 Å². The summed E-state index contributed by atoms with van der Waals surface area (Å²) in [7, 11) is 0. The number of benzene rings is 1. The lowest BCUT2D eigenvalue weighted by atomic mass is 10.2. The van der Waals surface area contributed by atoms with Crippen molar-refractivity contribution in [2.45, 2.75) is 13.2 Å². The molecule has 0 unspecified atom stereocenters. The van der Waals surface area contributed by atoms with E-state index in [0.29, 0.717) is 18.9 Å². The molecule has 1 heterocycles. The van der Waals surface area contributed by atoms with Crippen LogP contribution in [0, 0.1) is 5.82 Å². The SMILES string of the molecule is NCc1cccnc1COc1ccc(F)cc1. The average molecular weight is 232 g/mol. The predicted molar refractivity (Wildman–Crippen MR) is 62.9 cm³/mol. The number of rotatable bonds is 4. The van der Waals surface area contributed by atoms with E-state index in [1.807, 2.05) is 12.1 Å². The minimum absolute atomic E-state index is 0.280. The van der Waals surface area contributed by atoms with Gasteiger partial charge in [0.1, 0.15) is 18.2 Å². The van der Waals surface area contributed by atoms with Crippen molar-refractivity contribution in [2.24, 2.45) is 5.73 Å². The van der Waals surface area contributed by atoms with Crippen LogP contribution in [0.3, 0.4) is 0 Å². The second-order valence-corrected chi connectivity index (χ2v) is 3.56. The Morgan fingerprint density at radius 1 is 1.18 bits per heavy atom. The largest absolute Gasteiger partial charge is 0.487 e. The van der Waals surface area contributed by atoms with Gasteiger partial charge in [0.25, 0.3) is 0 Å². The van der Waals surface area contributed by atoms with E-state index < -0.39 is 0 Å². The van der Waals surface area contributed by atoms with Gasteiger partial charge in [-0.2, -0.15) is 0 Å². The molecule has 1 aromatic carbocycles. The van der Waals surface area contributed by atoms with Gasteiger partial charge in [-0.25, -0.2) is 4.39 Å². The number of hydrogen-bond acceptors (Lipinski definition) is 3. The molecule has 0 bridgehead atoms. The van der Waals surface area contributed by atoms with Gasteiger partial charge >= 0.3 is 0 Å². The average Bonchev–Trinajstić information content (AvgIpc) is 2.38. The molecule has 0 aliphatic heterocycles. The highest BCUT2D eigenvalue weighted by Gasteiger charge is 2.02. The van der Waals surface area contributed by atoms with Crippen LogP contribution < -0.4 is 10.5 Å². The van der Waals surface area contributed by atoms with E-state index in [2.05, 4.69) is 4.98 Å². The minimum Gasteiger partial charge on any atom is -0.487 e. The van der Waals surface area contributed by atoms with E-state index in [9.17, 15) is 4.39 Å². The van der Waals surface area contributed by atoms with E-state index in [1.54, 1.807) is 18.3 Å². The second kappa shape index (κ2) is 5.41. The maximum Gasteiger partial charge on any atom is 0.131 e. The topological polar surface area (TPSA) is 48.1 Å². The van der Waals surface area contributed by atoms with Crippen LogP contribution in [0.25, 0.3) is 0 Å². The van der Waals surface area contributed by atoms with Gasteiger partial charge in [-0.05, 0) is 35.9 Å². The molecule has 2 N–H and O–H groups in total. The quantitative estimate of drug-likeness (QED) is 0.879. The van der Waals surface area contributed by atoms with Crippen LogP contribution in [-0.2, 0) is 13.2 Å². The molecule has 0 fully saturated rings. The zero-order valence-corrected chi connectivity index (χ0v) is 9.27. The summed E-state index contributed by atoms with van der Waals surface area (Å²) in [5, 5.41) is 0. The van der Waals surface area contributed by atoms with E-state index in [1.165, 1.54) is 12.1 Å². The number of pyridine rings is 1. The van der Waals surface area contributed by atoms with Crippen LogP contribution in [-0.4, -0.2) is 4.98 Å². The number of halogens is 1. The lowest BCUT2D eigenvalue weighted by molar-refractivity contribution is 0.299. The highest BCUT2D eigenvalue weighted by atomic mass is 19.1. The lowest BCUT2D eigenvalue weighted by Crippen LogP contribution is -2.06. The van der Waals surface area contributed by atoms with Crippen molar-refractivity contribution in [1.82, 2.24) is 4.98 Å². The van der Waals surface area contributed by atoms with Crippen molar-refractivity contribution in [3.63, 3.8) is 0 Å². The summed E-state index contributed by atoms with van der Waals surface area (Å²) in [6, 6.07) is 9.63. The number of aromatic nitrogens is 1. The van der Waals surface area contributed by atoms with Gasteiger partial charge < -0.3 is 10.5 Å². The molecule has 4 heteroatoms. The normalized spacial score (nSPS) is 10.2. The Kier molecular flexibility index (Phi) is 3.67. The third-order valence-corrected chi connectivity index (χ3v) is 2.39. The lowest BCUT2D eigenvalue weighted by Gasteiger charge is -2.08. The van der Waals surface area contributed by atoms with Crippen LogP contribution >= 0.6 is 0 Å². The molecule has 0 saturated heterocycles. The molecule has 0 aliphatic carbocycles. The Bertz CT molecular complexity index is 485. The number of nitrogens with two attached hydrogens (primary N) is 1. The third-order valence-electron chi connectivity index (χ3n) is 2.39. The van der Waals surface area contributed by atoms with E-state index in [-0.39, 0.29) is 5.82 Å². The zero-order chi connectivity index (χ0) is 12.1. The summed E-state index contributed by atoms with van der Waals surface area (Å²) >= 11 is 0. The van der Waals surface area contributed by atoms with Gasteiger partial charge in [0, 0.05) is 12.7 Å². The first-order chi connectivity index (χ1) is 8.29. The molecule has 1 aromatic heterocycles. The molecule has 0 aliphatic rings. The predicted octanol–water partition coefficient (Wildman–Crippen LogP) is 2.26. The van der Waals surface area contributed by atoms with Gasteiger partial charge in [-0.1, -0.05) is 6.07 Å². The summed E-state index contributed by atoms with van der Waals surface area (Å²) in [6.07, 6.45) is 1.70. The number of hydrogen-bond donors (Lipinski definition) is 1. The van der Waals surface area contributed by atoms with Crippen LogP contribution in [0.2, 0.25) is 0 Å². The first-order valence-corrected chi connectivity index (χ1v) is 5.31. The van der Waals surface area contributed by atoms with Crippen LogP contribution in [0.15, 0.2) is 42.6 Å². The Morgan fingerprint density at radius 2 is 1.94 bits per heavy atom. The molecule has 2 aromatic rings. The molecule has 0 radical (unpaired) electrons. The fourth-order valence-corrected chi connectivity index (χ4v) is 1.47. The van der Waals surface area contributed by atoms with Crippen LogP contribution in [0.5, 0.6) is 5.75 Å². The Labute approximate surface area is 99.1 Å². The van der Waals surface area contributed by atoms with Crippen molar-refractivity contribution < 1.29 is 9.13 Å². The van der Waals surface area contributed by atoms with Crippen LogP contribution in [0.1, 0.15) is 11.3 Å². The summed E-state index contributed by atoms with van der Waals surface area (Å²) in [5.41, 5.74) is 7.35. The maximum absolute atomic E-state index is 12.7. The van der Waals surface area contributed by atoms with E-state index >= 15 is 0 Å².